The van der Waals surface area contributed by atoms with Gasteiger partial charge in [0.25, 0.3) is 5.91 Å². The summed E-state index contributed by atoms with van der Waals surface area (Å²) in [5.41, 5.74) is 3.18. The van der Waals surface area contributed by atoms with Gasteiger partial charge in [0.15, 0.2) is 0 Å². The van der Waals surface area contributed by atoms with Crippen LogP contribution in [0.1, 0.15) is 78.8 Å². The van der Waals surface area contributed by atoms with Gasteiger partial charge < -0.3 is 15.7 Å². The number of rotatable bonds is 6. The number of nitrogens with one attached hydrogen (secondary N) is 2. The normalized spacial score (nSPS) is 22.9. The first kappa shape index (κ1) is 22.7. The van der Waals surface area contributed by atoms with Crippen molar-refractivity contribution in [3.8, 4) is 0 Å². The van der Waals surface area contributed by atoms with Gasteiger partial charge in [-0.25, -0.2) is 0 Å². The number of aryl methyl sites for hydroxylation is 1. The Morgan fingerprint density at radius 2 is 1.79 bits per heavy atom. The zero-order chi connectivity index (χ0) is 19.2. The van der Waals surface area contributed by atoms with Gasteiger partial charge in [-0.15, -0.1) is 12.4 Å². The van der Waals surface area contributed by atoms with Gasteiger partial charge in [-0.2, -0.15) is 0 Å². The van der Waals surface area contributed by atoms with E-state index < -0.39 is 5.97 Å². The van der Waals surface area contributed by atoms with Crippen molar-refractivity contribution in [1.82, 2.24) is 10.6 Å². The molecule has 3 N–H and O–H groups in total. The Kier molecular flexibility index (Phi) is 8.77. The Balaban J connectivity index is 0.00000280. The third-order valence-electron chi connectivity index (χ3n) is 6.25. The van der Waals surface area contributed by atoms with Crippen LogP contribution in [0.2, 0.25) is 0 Å². The Bertz CT molecular complexity index is 666. The molecule has 0 atom stereocenters. The first-order valence-corrected chi connectivity index (χ1v) is 10.4. The predicted octanol–water partition coefficient (Wildman–Crippen LogP) is 4.04. The first-order chi connectivity index (χ1) is 13.0. The van der Waals surface area contributed by atoms with Gasteiger partial charge >= 0.3 is 5.97 Å². The van der Waals surface area contributed by atoms with E-state index in [1.54, 1.807) is 0 Å². The van der Waals surface area contributed by atoms with Crippen LogP contribution in [0.25, 0.3) is 0 Å². The van der Waals surface area contributed by atoms with Crippen LogP contribution in [0.4, 0.5) is 0 Å². The first-order valence-electron chi connectivity index (χ1n) is 10.4. The number of amides is 1. The van der Waals surface area contributed by atoms with Crippen LogP contribution in [0, 0.1) is 12.8 Å². The van der Waals surface area contributed by atoms with E-state index in [2.05, 4.69) is 22.8 Å². The smallest absolute Gasteiger partial charge is 0.303 e. The van der Waals surface area contributed by atoms with Crippen molar-refractivity contribution in [1.29, 1.82) is 0 Å². The van der Waals surface area contributed by atoms with Gasteiger partial charge in [-0.05, 0) is 94.0 Å². The fourth-order valence-electron chi connectivity index (χ4n) is 4.54. The lowest BCUT2D eigenvalue weighted by Crippen LogP contribution is -2.38. The maximum Gasteiger partial charge on any atom is 0.303 e. The van der Waals surface area contributed by atoms with E-state index in [0.717, 1.165) is 69.2 Å². The fraction of sp³-hybridized carbons (Fsp3) is 0.636. The lowest BCUT2D eigenvalue weighted by Gasteiger charge is -2.29. The second-order valence-electron chi connectivity index (χ2n) is 8.22. The molecule has 1 saturated carbocycles. The minimum atomic E-state index is -0.714. The van der Waals surface area contributed by atoms with Crippen LogP contribution in [0.3, 0.4) is 0 Å². The molecule has 1 aliphatic heterocycles. The highest BCUT2D eigenvalue weighted by Gasteiger charge is 2.24. The van der Waals surface area contributed by atoms with Crippen LogP contribution < -0.4 is 10.6 Å². The number of benzene rings is 1. The summed E-state index contributed by atoms with van der Waals surface area (Å²) in [7, 11) is 0. The molecule has 2 fully saturated rings. The summed E-state index contributed by atoms with van der Waals surface area (Å²) < 4.78 is 0. The van der Waals surface area contributed by atoms with Gasteiger partial charge in [-0.3, -0.25) is 9.59 Å². The molecule has 0 unspecified atom stereocenters. The molecule has 5 nitrogen and oxygen atoms in total. The van der Waals surface area contributed by atoms with Gasteiger partial charge in [0.2, 0.25) is 0 Å². The van der Waals surface area contributed by atoms with Crippen LogP contribution >= 0.6 is 12.4 Å². The Labute approximate surface area is 174 Å². The summed E-state index contributed by atoms with van der Waals surface area (Å²) in [5.74, 6) is 0.399. The number of carbonyl (C=O) groups is 2. The lowest BCUT2D eigenvalue weighted by molar-refractivity contribution is -0.137. The van der Waals surface area contributed by atoms with E-state index in [4.69, 9.17) is 5.11 Å². The number of hydrogen-bond donors (Lipinski definition) is 3. The Morgan fingerprint density at radius 3 is 2.39 bits per heavy atom. The molecule has 1 aromatic carbocycles. The maximum absolute atomic E-state index is 12.7. The molecule has 6 heteroatoms. The van der Waals surface area contributed by atoms with Crippen LogP contribution in [0.5, 0.6) is 0 Å². The highest BCUT2D eigenvalue weighted by Crippen LogP contribution is 2.29. The van der Waals surface area contributed by atoms with E-state index in [0.29, 0.717) is 11.8 Å². The molecule has 3 rings (SSSR count). The summed E-state index contributed by atoms with van der Waals surface area (Å²) in [6, 6.07) is 6.51. The number of carboxylic acids is 1. The summed E-state index contributed by atoms with van der Waals surface area (Å²) in [4.78, 5) is 23.4. The van der Waals surface area contributed by atoms with E-state index >= 15 is 0 Å². The SMILES string of the molecule is Cc1cc(C2CCNCC2)ccc1C(=O)N[C@H]1CC[C@H](CCC(=O)O)CC1.Cl. The number of carbonyl (C=O) groups excluding carboxylic acids is 1. The molecule has 1 saturated heterocycles. The van der Waals surface area contributed by atoms with E-state index in [1.165, 1.54) is 5.56 Å². The molecule has 0 bridgehead atoms. The molecule has 0 radical (unpaired) electrons. The number of halogens is 1. The van der Waals surface area contributed by atoms with Crippen molar-refractivity contribution in [2.75, 3.05) is 13.1 Å². The largest absolute Gasteiger partial charge is 0.481 e. The average Bonchev–Trinajstić information content (AvgIpc) is 2.68. The third-order valence-corrected chi connectivity index (χ3v) is 6.25. The van der Waals surface area contributed by atoms with Gasteiger partial charge in [0.1, 0.15) is 0 Å². The van der Waals surface area contributed by atoms with Gasteiger partial charge in [0, 0.05) is 18.0 Å². The summed E-state index contributed by atoms with van der Waals surface area (Å²) in [5, 5.41) is 15.4. The molecule has 1 heterocycles. The van der Waals surface area contributed by atoms with Crippen LogP contribution in [0.15, 0.2) is 18.2 Å². The van der Waals surface area contributed by atoms with Gasteiger partial charge in [0.05, 0.1) is 0 Å². The minimum Gasteiger partial charge on any atom is -0.481 e. The molecular formula is C22H33ClN2O3. The van der Waals surface area contributed by atoms with Crippen LogP contribution in [-0.2, 0) is 4.79 Å². The molecule has 1 aliphatic carbocycles. The topological polar surface area (TPSA) is 78.4 Å². The van der Waals surface area contributed by atoms with Crippen molar-refractivity contribution in [2.24, 2.45) is 5.92 Å². The van der Waals surface area contributed by atoms with Crippen molar-refractivity contribution in [2.45, 2.75) is 70.3 Å². The van der Waals surface area contributed by atoms with E-state index in [-0.39, 0.29) is 30.8 Å². The predicted molar refractivity (Wildman–Crippen MR) is 113 cm³/mol. The molecule has 2 aliphatic rings. The molecule has 28 heavy (non-hydrogen) atoms. The number of carboxylic acid groups (broad SMARTS) is 1. The summed E-state index contributed by atoms with van der Waals surface area (Å²) >= 11 is 0. The molecule has 0 spiro atoms. The molecule has 156 valence electrons. The molecule has 1 aromatic rings. The van der Waals surface area contributed by atoms with Crippen molar-refractivity contribution in [3.63, 3.8) is 0 Å². The standard InChI is InChI=1S/C22H32N2O3.ClH/c1-15-14-18(17-10-12-23-13-11-17)5-8-20(15)22(27)24-19-6-2-16(3-7-19)4-9-21(25)26;/h5,8,14,16-17,19,23H,2-4,6-7,9-13H2,1H3,(H,24,27)(H,25,26);1H/t16-,19-;. The van der Waals surface area contributed by atoms with Crippen molar-refractivity contribution in [3.05, 3.63) is 34.9 Å². The maximum atomic E-state index is 12.7. The third kappa shape index (κ3) is 6.21. The fourth-order valence-corrected chi connectivity index (χ4v) is 4.54. The Morgan fingerprint density at radius 1 is 1.11 bits per heavy atom. The van der Waals surface area contributed by atoms with Gasteiger partial charge in [-0.1, -0.05) is 12.1 Å². The number of aliphatic carboxylic acids is 1. The monoisotopic (exact) mass is 408 g/mol. The molecular weight excluding hydrogens is 376 g/mol. The molecule has 0 aromatic heterocycles. The van der Waals surface area contributed by atoms with Crippen LogP contribution in [-0.4, -0.2) is 36.1 Å². The minimum absolute atomic E-state index is 0. The highest BCUT2D eigenvalue weighted by atomic mass is 35.5. The molecule has 1 amide bonds. The Hall–Kier alpha value is -1.59. The second-order valence-corrected chi connectivity index (χ2v) is 8.22. The quantitative estimate of drug-likeness (QED) is 0.663. The van der Waals surface area contributed by atoms with E-state index in [9.17, 15) is 9.59 Å². The van der Waals surface area contributed by atoms with Crippen molar-refractivity contribution < 1.29 is 14.7 Å². The zero-order valence-electron chi connectivity index (χ0n) is 16.7. The highest BCUT2D eigenvalue weighted by molar-refractivity contribution is 5.95. The van der Waals surface area contributed by atoms with Crippen molar-refractivity contribution >= 4 is 24.3 Å². The number of hydrogen-bond acceptors (Lipinski definition) is 3. The second kappa shape index (κ2) is 10.8. The number of piperidine rings is 1. The summed E-state index contributed by atoms with van der Waals surface area (Å²) in [6.45, 7) is 4.17. The lowest BCUT2D eigenvalue weighted by atomic mass is 9.83. The zero-order valence-corrected chi connectivity index (χ0v) is 17.5. The summed E-state index contributed by atoms with van der Waals surface area (Å²) in [6.07, 6.45) is 7.24. The average molecular weight is 409 g/mol. The van der Waals surface area contributed by atoms with E-state index in [1.807, 2.05) is 13.0 Å².